The minimum Gasteiger partial charge on any atom is -0.344 e. The number of halogens is 1. The first-order chi connectivity index (χ1) is 10.2. The van der Waals surface area contributed by atoms with E-state index in [1.807, 2.05) is 37.3 Å². The predicted molar refractivity (Wildman–Crippen MR) is 84.0 cm³/mol. The second-order valence-corrected chi connectivity index (χ2v) is 4.92. The maximum absolute atomic E-state index is 12.3. The van der Waals surface area contributed by atoms with Crippen LogP contribution in [0.3, 0.4) is 0 Å². The maximum Gasteiger partial charge on any atom is 0.272 e. The first-order valence-electron chi connectivity index (χ1n) is 6.64. The van der Waals surface area contributed by atoms with Crippen molar-refractivity contribution in [2.75, 3.05) is 5.43 Å². The maximum atomic E-state index is 12.3. The molecule has 0 radical (unpaired) electrons. The van der Waals surface area contributed by atoms with E-state index in [0.717, 1.165) is 12.0 Å². The number of amides is 1. The number of nitrogens with two attached hydrogens (primary N) is 1. The Morgan fingerprint density at radius 2 is 2.00 bits per heavy atom. The summed E-state index contributed by atoms with van der Waals surface area (Å²) < 4.78 is 0. The summed E-state index contributed by atoms with van der Waals surface area (Å²) in [5, 5.41) is 3.22. The van der Waals surface area contributed by atoms with E-state index in [9.17, 15) is 4.79 Å². The van der Waals surface area contributed by atoms with Gasteiger partial charge in [-0.05, 0) is 24.1 Å². The molecule has 1 unspecified atom stereocenters. The van der Waals surface area contributed by atoms with Gasteiger partial charge in [-0.3, -0.25) is 4.79 Å². The van der Waals surface area contributed by atoms with E-state index in [4.69, 9.17) is 17.4 Å². The van der Waals surface area contributed by atoms with Gasteiger partial charge >= 0.3 is 0 Å². The van der Waals surface area contributed by atoms with Gasteiger partial charge in [-0.25, -0.2) is 10.8 Å². The molecule has 0 aliphatic rings. The van der Waals surface area contributed by atoms with Crippen molar-refractivity contribution in [1.82, 2.24) is 10.3 Å². The van der Waals surface area contributed by atoms with Gasteiger partial charge in [-0.2, -0.15) is 0 Å². The summed E-state index contributed by atoms with van der Waals surface area (Å²) in [5.74, 6) is 5.36. The monoisotopic (exact) mass is 304 g/mol. The average molecular weight is 305 g/mol. The van der Waals surface area contributed by atoms with Crippen molar-refractivity contribution >= 4 is 23.3 Å². The van der Waals surface area contributed by atoms with Gasteiger partial charge in [0.2, 0.25) is 0 Å². The van der Waals surface area contributed by atoms with E-state index in [2.05, 4.69) is 15.7 Å². The van der Waals surface area contributed by atoms with Crippen LogP contribution in [0.4, 0.5) is 5.82 Å². The van der Waals surface area contributed by atoms with Crippen molar-refractivity contribution in [2.24, 2.45) is 5.84 Å². The minimum atomic E-state index is -0.326. The standard InChI is InChI=1S/C15H17ClN4O/c1-2-12(10-6-4-3-5-7-10)18-15(21)14-11(16)8-9-13(19-14)20-17/h3-9,12H,2,17H2,1H3,(H,18,21)(H,19,20). The molecule has 0 saturated carbocycles. The molecular formula is C15H17ClN4O. The summed E-state index contributed by atoms with van der Waals surface area (Å²) >= 11 is 6.03. The highest BCUT2D eigenvalue weighted by molar-refractivity contribution is 6.33. The summed E-state index contributed by atoms with van der Waals surface area (Å²) in [7, 11) is 0. The molecule has 0 bridgehead atoms. The number of hydrogen-bond acceptors (Lipinski definition) is 4. The molecule has 1 aromatic heterocycles. The number of pyridine rings is 1. The molecule has 6 heteroatoms. The molecule has 1 atom stereocenters. The Bertz CT molecular complexity index is 618. The first-order valence-corrected chi connectivity index (χ1v) is 7.02. The number of aromatic nitrogens is 1. The smallest absolute Gasteiger partial charge is 0.272 e. The Labute approximate surface area is 128 Å². The molecule has 2 aromatic rings. The summed E-state index contributed by atoms with van der Waals surface area (Å²) in [6, 6.07) is 12.9. The molecule has 4 N–H and O–H groups in total. The van der Waals surface area contributed by atoms with E-state index < -0.39 is 0 Å². The fourth-order valence-corrected chi connectivity index (χ4v) is 2.21. The van der Waals surface area contributed by atoms with Crippen LogP contribution in [0.25, 0.3) is 0 Å². The Balaban J connectivity index is 2.20. The van der Waals surface area contributed by atoms with Crippen LogP contribution in [-0.4, -0.2) is 10.9 Å². The molecule has 1 amide bonds. The number of nitrogen functional groups attached to an aromatic ring is 1. The van der Waals surface area contributed by atoms with Crippen LogP contribution < -0.4 is 16.6 Å². The minimum absolute atomic E-state index is 0.0916. The van der Waals surface area contributed by atoms with Crippen molar-refractivity contribution in [3.05, 3.63) is 58.7 Å². The number of benzene rings is 1. The predicted octanol–water partition coefficient (Wildman–Crippen LogP) is 2.90. The third-order valence-corrected chi connectivity index (χ3v) is 3.43. The van der Waals surface area contributed by atoms with Crippen molar-refractivity contribution in [2.45, 2.75) is 19.4 Å². The Morgan fingerprint density at radius 1 is 1.29 bits per heavy atom. The second-order valence-electron chi connectivity index (χ2n) is 4.52. The van der Waals surface area contributed by atoms with Gasteiger partial charge in [0.05, 0.1) is 11.1 Å². The van der Waals surface area contributed by atoms with Crippen molar-refractivity contribution in [3.63, 3.8) is 0 Å². The van der Waals surface area contributed by atoms with Crippen LogP contribution in [0.2, 0.25) is 5.02 Å². The van der Waals surface area contributed by atoms with Gasteiger partial charge in [0, 0.05) is 0 Å². The topological polar surface area (TPSA) is 80.0 Å². The summed E-state index contributed by atoms with van der Waals surface area (Å²) in [6.07, 6.45) is 0.766. The van der Waals surface area contributed by atoms with Gasteiger partial charge in [0.15, 0.2) is 0 Å². The Kier molecular flexibility index (Phi) is 5.14. The molecule has 0 spiro atoms. The third kappa shape index (κ3) is 3.71. The molecule has 2 rings (SSSR count). The van der Waals surface area contributed by atoms with E-state index >= 15 is 0 Å². The van der Waals surface area contributed by atoms with E-state index in [1.165, 1.54) is 0 Å². The lowest BCUT2D eigenvalue weighted by atomic mass is 10.0. The summed E-state index contributed by atoms with van der Waals surface area (Å²) in [6.45, 7) is 2.00. The summed E-state index contributed by atoms with van der Waals surface area (Å²) in [4.78, 5) is 16.4. The first kappa shape index (κ1) is 15.3. The number of nitrogens with one attached hydrogen (secondary N) is 2. The number of rotatable bonds is 5. The molecule has 0 fully saturated rings. The van der Waals surface area contributed by atoms with E-state index in [0.29, 0.717) is 5.82 Å². The normalized spacial score (nSPS) is 11.8. The van der Waals surface area contributed by atoms with Gasteiger partial charge in [0.1, 0.15) is 11.5 Å². The molecule has 110 valence electrons. The lowest BCUT2D eigenvalue weighted by Crippen LogP contribution is -2.29. The highest BCUT2D eigenvalue weighted by Gasteiger charge is 2.17. The highest BCUT2D eigenvalue weighted by atomic mass is 35.5. The molecule has 1 aromatic carbocycles. The van der Waals surface area contributed by atoms with Crippen LogP contribution >= 0.6 is 11.6 Å². The fraction of sp³-hybridized carbons (Fsp3) is 0.200. The number of anilines is 1. The average Bonchev–Trinajstić information content (AvgIpc) is 2.53. The van der Waals surface area contributed by atoms with Crippen LogP contribution in [0.5, 0.6) is 0 Å². The van der Waals surface area contributed by atoms with Gasteiger partial charge in [-0.15, -0.1) is 0 Å². The summed E-state index contributed by atoms with van der Waals surface area (Å²) in [5.41, 5.74) is 3.59. The Morgan fingerprint density at radius 3 is 2.62 bits per heavy atom. The van der Waals surface area contributed by atoms with Crippen molar-refractivity contribution in [3.8, 4) is 0 Å². The quantitative estimate of drug-likeness (QED) is 0.586. The zero-order valence-corrected chi connectivity index (χ0v) is 12.4. The van der Waals surface area contributed by atoms with E-state index in [1.54, 1.807) is 12.1 Å². The number of carbonyl (C=O) groups excluding carboxylic acids is 1. The highest BCUT2D eigenvalue weighted by Crippen LogP contribution is 2.20. The van der Waals surface area contributed by atoms with Crippen molar-refractivity contribution < 1.29 is 4.79 Å². The fourth-order valence-electron chi connectivity index (χ4n) is 2.01. The second kappa shape index (κ2) is 7.06. The van der Waals surface area contributed by atoms with Gasteiger partial charge in [0.25, 0.3) is 5.91 Å². The van der Waals surface area contributed by atoms with Crippen LogP contribution in [0, 0.1) is 0 Å². The number of hydrazine groups is 1. The lowest BCUT2D eigenvalue weighted by molar-refractivity contribution is 0.0931. The number of carbonyl (C=O) groups is 1. The zero-order valence-electron chi connectivity index (χ0n) is 11.6. The van der Waals surface area contributed by atoms with Crippen LogP contribution in [0.15, 0.2) is 42.5 Å². The third-order valence-electron chi connectivity index (χ3n) is 3.12. The molecule has 5 nitrogen and oxygen atoms in total. The molecule has 21 heavy (non-hydrogen) atoms. The van der Waals surface area contributed by atoms with Crippen LogP contribution in [0.1, 0.15) is 35.4 Å². The molecule has 0 aliphatic carbocycles. The largest absolute Gasteiger partial charge is 0.344 e. The van der Waals surface area contributed by atoms with E-state index in [-0.39, 0.29) is 22.7 Å². The zero-order chi connectivity index (χ0) is 15.2. The number of nitrogens with zero attached hydrogens (tertiary/aromatic N) is 1. The Hall–Kier alpha value is -2.11. The molecule has 0 saturated heterocycles. The molecule has 0 aliphatic heterocycles. The van der Waals surface area contributed by atoms with Gasteiger partial charge < -0.3 is 10.7 Å². The molecule has 1 heterocycles. The molecular weight excluding hydrogens is 288 g/mol. The SMILES string of the molecule is CCC(NC(=O)c1nc(NN)ccc1Cl)c1ccccc1. The van der Waals surface area contributed by atoms with Crippen molar-refractivity contribution in [1.29, 1.82) is 0 Å². The lowest BCUT2D eigenvalue weighted by Gasteiger charge is -2.17. The number of hydrogen-bond donors (Lipinski definition) is 3. The van der Waals surface area contributed by atoms with Gasteiger partial charge in [-0.1, -0.05) is 48.9 Å². The van der Waals surface area contributed by atoms with Crippen LogP contribution in [-0.2, 0) is 0 Å².